The van der Waals surface area contributed by atoms with Crippen molar-refractivity contribution in [3.8, 4) is 0 Å². The van der Waals surface area contributed by atoms with Gasteiger partial charge in [0.2, 0.25) is 5.91 Å². The summed E-state index contributed by atoms with van der Waals surface area (Å²) in [5.41, 5.74) is 2.30. The summed E-state index contributed by atoms with van der Waals surface area (Å²) in [4.78, 5) is 20.4. The van der Waals surface area contributed by atoms with E-state index >= 15 is 0 Å². The van der Waals surface area contributed by atoms with Crippen LogP contribution in [0.1, 0.15) is 49.8 Å². The van der Waals surface area contributed by atoms with Gasteiger partial charge in [0, 0.05) is 49.4 Å². The van der Waals surface area contributed by atoms with Crippen LogP contribution >= 0.6 is 0 Å². The van der Waals surface area contributed by atoms with Gasteiger partial charge >= 0.3 is 0 Å². The van der Waals surface area contributed by atoms with Crippen molar-refractivity contribution in [1.82, 2.24) is 25.1 Å². The molecule has 0 unspecified atom stereocenters. The highest BCUT2D eigenvalue weighted by molar-refractivity contribution is 5.79. The molecule has 1 aliphatic carbocycles. The number of hydrogen-bond donors (Lipinski definition) is 2. The third-order valence-corrected chi connectivity index (χ3v) is 4.40. The van der Waals surface area contributed by atoms with Crippen LogP contribution in [-0.4, -0.2) is 32.2 Å². The van der Waals surface area contributed by atoms with Crippen LogP contribution in [0.15, 0.2) is 18.5 Å². The van der Waals surface area contributed by atoms with Gasteiger partial charge in [-0.1, -0.05) is 13.8 Å². The van der Waals surface area contributed by atoms with Crippen LogP contribution in [0, 0.1) is 5.92 Å². The molecular weight excluding hydrogens is 290 g/mol. The highest BCUT2D eigenvalue weighted by Gasteiger charge is 2.27. The van der Waals surface area contributed by atoms with Gasteiger partial charge in [-0.2, -0.15) is 5.10 Å². The molecule has 3 rings (SSSR count). The number of nitrogens with one attached hydrogen (secondary N) is 2. The van der Waals surface area contributed by atoms with Gasteiger partial charge in [-0.3, -0.25) is 9.48 Å². The molecule has 1 amide bonds. The van der Waals surface area contributed by atoms with Crippen LogP contribution in [-0.2, 0) is 24.2 Å². The van der Waals surface area contributed by atoms with E-state index in [0.29, 0.717) is 12.5 Å². The van der Waals surface area contributed by atoms with Gasteiger partial charge < -0.3 is 10.3 Å². The van der Waals surface area contributed by atoms with Crippen molar-refractivity contribution in [1.29, 1.82) is 0 Å². The first-order valence-corrected chi connectivity index (χ1v) is 8.46. The van der Waals surface area contributed by atoms with E-state index in [1.54, 1.807) is 6.20 Å². The molecule has 23 heavy (non-hydrogen) atoms. The van der Waals surface area contributed by atoms with E-state index in [2.05, 4.69) is 34.2 Å². The summed E-state index contributed by atoms with van der Waals surface area (Å²) in [5, 5.41) is 7.22. The molecule has 0 fully saturated rings. The average molecular weight is 315 g/mol. The highest BCUT2D eigenvalue weighted by atomic mass is 16.1. The SMILES string of the molecule is CC(C)c1nc2c([nH]1)C[C@@H](C(=O)NCCCn1cccn1)CC2. The fraction of sp³-hybridized carbons (Fsp3) is 0.588. The standard InChI is InChI=1S/C17H25N5O/c1-12(2)16-20-14-6-5-13(11-15(14)21-16)17(23)18-7-3-9-22-10-4-8-19-22/h4,8,10,12-13H,3,5-7,9,11H2,1-2H3,(H,18,23)(H,20,21)/t13-/m0/s1. The number of imidazole rings is 1. The van der Waals surface area contributed by atoms with Crippen LogP contribution < -0.4 is 5.32 Å². The summed E-state index contributed by atoms with van der Waals surface area (Å²) in [6.45, 7) is 5.80. The number of nitrogens with zero attached hydrogens (tertiary/aromatic N) is 3. The minimum absolute atomic E-state index is 0.0627. The maximum atomic E-state index is 12.3. The molecule has 0 saturated carbocycles. The number of carbonyl (C=O) groups excluding carboxylic acids is 1. The zero-order valence-electron chi connectivity index (χ0n) is 13.9. The van der Waals surface area contributed by atoms with Gasteiger partial charge in [0.25, 0.3) is 0 Å². The molecule has 0 spiro atoms. The van der Waals surface area contributed by atoms with Crippen molar-refractivity contribution >= 4 is 5.91 Å². The minimum atomic E-state index is 0.0627. The number of aryl methyl sites for hydroxylation is 2. The van der Waals surface area contributed by atoms with Crippen molar-refractivity contribution in [2.24, 2.45) is 5.92 Å². The first kappa shape index (κ1) is 15.8. The molecule has 0 aliphatic heterocycles. The lowest BCUT2D eigenvalue weighted by Crippen LogP contribution is -2.35. The van der Waals surface area contributed by atoms with E-state index in [9.17, 15) is 4.79 Å². The van der Waals surface area contributed by atoms with Gasteiger partial charge in [-0.05, 0) is 25.3 Å². The number of aromatic amines is 1. The third-order valence-electron chi connectivity index (χ3n) is 4.40. The molecule has 1 atom stereocenters. The minimum Gasteiger partial charge on any atom is -0.356 e. The first-order chi connectivity index (χ1) is 11.1. The van der Waals surface area contributed by atoms with E-state index in [0.717, 1.165) is 49.4 Å². The molecule has 2 N–H and O–H groups in total. The summed E-state index contributed by atoms with van der Waals surface area (Å²) >= 11 is 0. The summed E-state index contributed by atoms with van der Waals surface area (Å²) in [6.07, 6.45) is 7.17. The van der Waals surface area contributed by atoms with Crippen molar-refractivity contribution in [2.45, 2.75) is 52.0 Å². The smallest absolute Gasteiger partial charge is 0.223 e. The molecule has 1 aliphatic rings. The van der Waals surface area contributed by atoms with Crippen LogP contribution in [0.5, 0.6) is 0 Å². The fourth-order valence-corrected chi connectivity index (χ4v) is 3.03. The van der Waals surface area contributed by atoms with E-state index in [1.165, 1.54) is 0 Å². The molecule has 0 radical (unpaired) electrons. The van der Waals surface area contributed by atoms with E-state index in [-0.39, 0.29) is 11.8 Å². The van der Waals surface area contributed by atoms with Gasteiger partial charge in [0.15, 0.2) is 0 Å². The number of carbonyl (C=O) groups is 1. The predicted molar refractivity (Wildman–Crippen MR) is 88.0 cm³/mol. The normalized spacial score (nSPS) is 17.3. The summed E-state index contributed by atoms with van der Waals surface area (Å²) < 4.78 is 1.89. The Morgan fingerprint density at radius 3 is 3.13 bits per heavy atom. The van der Waals surface area contributed by atoms with Crippen molar-refractivity contribution in [3.05, 3.63) is 35.7 Å². The van der Waals surface area contributed by atoms with Gasteiger partial charge in [0.1, 0.15) is 5.82 Å². The molecule has 2 heterocycles. The van der Waals surface area contributed by atoms with Crippen molar-refractivity contribution in [3.63, 3.8) is 0 Å². The molecule has 0 bridgehead atoms. The molecule has 6 nitrogen and oxygen atoms in total. The number of rotatable bonds is 6. The Balaban J connectivity index is 1.46. The lowest BCUT2D eigenvalue weighted by molar-refractivity contribution is -0.125. The second-order valence-electron chi connectivity index (χ2n) is 6.56. The van der Waals surface area contributed by atoms with E-state index < -0.39 is 0 Å². The first-order valence-electron chi connectivity index (χ1n) is 8.46. The van der Waals surface area contributed by atoms with Crippen LogP contribution in [0.4, 0.5) is 0 Å². The highest BCUT2D eigenvalue weighted by Crippen LogP contribution is 2.25. The van der Waals surface area contributed by atoms with Crippen LogP contribution in [0.25, 0.3) is 0 Å². The quantitative estimate of drug-likeness (QED) is 0.801. The van der Waals surface area contributed by atoms with E-state index in [1.807, 2.05) is 16.9 Å². The monoisotopic (exact) mass is 315 g/mol. The zero-order valence-corrected chi connectivity index (χ0v) is 13.9. The summed E-state index contributed by atoms with van der Waals surface area (Å²) in [5.74, 6) is 1.66. The Morgan fingerprint density at radius 1 is 1.52 bits per heavy atom. The number of amides is 1. The topological polar surface area (TPSA) is 75.6 Å². The second kappa shape index (κ2) is 6.98. The summed E-state index contributed by atoms with van der Waals surface area (Å²) in [7, 11) is 0. The van der Waals surface area contributed by atoms with Crippen LogP contribution in [0.2, 0.25) is 0 Å². The Morgan fingerprint density at radius 2 is 2.39 bits per heavy atom. The molecule has 2 aromatic heterocycles. The number of aromatic nitrogens is 4. The average Bonchev–Trinajstić information content (AvgIpc) is 3.19. The molecule has 124 valence electrons. The number of fused-ring (bicyclic) bond motifs is 1. The Hall–Kier alpha value is -2.11. The van der Waals surface area contributed by atoms with Gasteiger partial charge in [0.05, 0.1) is 5.69 Å². The Kier molecular flexibility index (Phi) is 4.79. The predicted octanol–water partition coefficient (Wildman–Crippen LogP) is 2.04. The van der Waals surface area contributed by atoms with Crippen molar-refractivity contribution in [2.75, 3.05) is 6.54 Å². The lowest BCUT2D eigenvalue weighted by atomic mass is 9.89. The number of hydrogen-bond acceptors (Lipinski definition) is 3. The van der Waals surface area contributed by atoms with Crippen molar-refractivity contribution < 1.29 is 4.79 Å². The maximum absolute atomic E-state index is 12.3. The molecular formula is C17H25N5O. The molecule has 0 aromatic carbocycles. The van der Waals surface area contributed by atoms with Gasteiger partial charge in [-0.25, -0.2) is 4.98 Å². The third kappa shape index (κ3) is 3.81. The zero-order chi connectivity index (χ0) is 16.2. The Labute approximate surface area is 136 Å². The van der Waals surface area contributed by atoms with Gasteiger partial charge in [-0.15, -0.1) is 0 Å². The Bertz CT molecular complexity index is 644. The number of H-pyrrole nitrogens is 1. The second-order valence-corrected chi connectivity index (χ2v) is 6.56. The lowest BCUT2D eigenvalue weighted by Gasteiger charge is -2.20. The van der Waals surface area contributed by atoms with Crippen LogP contribution in [0.3, 0.4) is 0 Å². The fourth-order valence-electron chi connectivity index (χ4n) is 3.03. The molecule has 2 aromatic rings. The summed E-state index contributed by atoms with van der Waals surface area (Å²) in [6, 6.07) is 1.91. The largest absolute Gasteiger partial charge is 0.356 e. The molecule has 6 heteroatoms. The maximum Gasteiger partial charge on any atom is 0.223 e. The molecule has 0 saturated heterocycles. The van der Waals surface area contributed by atoms with E-state index in [4.69, 9.17) is 0 Å².